The van der Waals surface area contributed by atoms with Crippen LogP contribution in [0.25, 0.3) is 0 Å². The van der Waals surface area contributed by atoms with Crippen molar-refractivity contribution in [1.29, 1.82) is 0 Å². The molecule has 0 radical (unpaired) electrons. The van der Waals surface area contributed by atoms with Gasteiger partial charge in [0.05, 0.1) is 10.5 Å². The monoisotopic (exact) mass is 294 g/mol. The molecule has 0 aliphatic rings. The molecular weight excluding hydrogens is 284 g/mol. The molecule has 20 heavy (non-hydrogen) atoms. The molecule has 0 spiro atoms. The average molecular weight is 294 g/mol. The van der Waals surface area contributed by atoms with E-state index in [1.807, 2.05) is 6.92 Å². The van der Waals surface area contributed by atoms with Gasteiger partial charge >= 0.3 is 0 Å². The molecule has 2 heterocycles. The van der Waals surface area contributed by atoms with Gasteiger partial charge < -0.3 is 5.32 Å². The molecule has 0 aliphatic carbocycles. The van der Waals surface area contributed by atoms with E-state index in [-0.39, 0.29) is 17.1 Å². The highest BCUT2D eigenvalue weighted by Crippen LogP contribution is 2.20. The van der Waals surface area contributed by atoms with E-state index >= 15 is 0 Å². The molecule has 1 amide bonds. The van der Waals surface area contributed by atoms with Crippen LogP contribution in [0.2, 0.25) is 0 Å². The van der Waals surface area contributed by atoms with Crippen molar-refractivity contribution in [2.75, 3.05) is 17.2 Å². The summed E-state index contributed by atoms with van der Waals surface area (Å²) in [5.41, 5.74) is 1.29. The van der Waals surface area contributed by atoms with Crippen LogP contribution in [0.4, 0.5) is 16.6 Å². The lowest BCUT2D eigenvalue weighted by atomic mass is 10.2. The van der Waals surface area contributed by atoms with Crippen LogP contribution in [-0.4, -0.2) is 32.6 Å². The summed E-state index contributed by atoms with van der Waals surface area (Å²) in [5.74, 6) is -0.256. The summed E-state index contributed by atoms with van der Waals surface area (Å²) in [6.07, 6.45) is 1.10. The van der Waals surface area contributed by atoms with Crippen LogP contribution in [0, 0.1) is 10.1 Å². The van der Waals surface area contributed by atoms with Crippen molar-refractivity contribution in [3.63, 3.8) is 0 Å². The number of hydrogen-bond acceptors (Lipinski definition) is 8. The molecule has 9 nitrogen and oxygen atoms in total. The van der Waals surface area contributed by atoms with Crippen molar-refractivity contribution in [2.45, 2.75) is 6.92 Å². The second-order valence-electron chi connectivity index (χ2n) is 3.58. The van der Waals surface area contributed by atoms with Crippen LogP contribution >= 0.6 is 11.3 Å². The number of pyridine rings is 1. The van der Waals surface area contributed by atoms with Crippen LogP contribution in [0.3, 0.4) is 0 Å². The van der Waals surface area contributed by atoms with Crippen molar-refractivity contribution in [1.82, 2.24) is 15.2 Å². The number of amides is 1. The molecule has 2 aromatic rings. The van der Waals surface area contributed by atoms with Crippen LogP contribution in [-0.2, 0) is 0 Å². The van der Waals surface area contributed by atoms with E-state index in [2.05, 4.69) is 25.8 Å². The van der Waals surface area contributed by atoms with Gasteiger partial charge in [0.1, 0.15) is 17.5 Å². The lowest BCUT2D eigenvalue weighted by molar-refractivity contribution is -0.385. The maximum atomic E-state index is 12.1. The molecule has 10 heteroatoms. The number of nitrogens with one attached hydrogen (secondary N) is 2. The molecular formula is C10H10N6O3S. The zero-order chi connectivity index (χ0) is 14.5. The van der Waals surface area contributed by atoms with E-state index < -0.39 is 10.8 Å². The van der Waals surface area contributed by atoms with E-state index in [1.165, 1.54) is 11.6 Å². The summed E-state index contributed by atoms with van der Waals surface area (Å²) >= 11 is 1.15. The molecule has 0 fully saturated rings. The number of nitro groups is 1. The third kappa shape index (κ3) is 3.03. The van der Waals surface area contributed by atoms with Gasteiger partial charge in [0.2, 0.25) is 5.13 Å². The molecule has 0 unspecified atom stereocenters. The quantitative estimate of drug-likeness (QED) is 0.633. The third-order valence-electron chi connectivity index (χ3n) is 2.25. The van der Waals surface area contributed by atoms with Gasteiger partial charge in [-0.05, 0) is 6.92 Å². The average Bonchev–Trinajstić information content (AvgIpc) is 2.92. The fourth-order valence-corrected chi connectivity index (χ4v) is 1.87. The van der Waals surface area contributed by atoms with E-state index in [4.69, 9.17) is 0 Å². The minimum absolute atomic E-state index is 0.0799. The number of carbonyl (C=O) groups is 1. The van der Waals surface area contributed by atoms with Gasteiger partial charge in [-0.1, -0.05) is 11.3 Å². The van der Waals surface area contributed by atoms with Gasteiger partial charge in [-0.25, -0.2) is 4.98 Å². The largest absolute Gasteiger partial charge is 0.370 e. The van der Waals surface area contributed by atoms with Crippen LogP contribution < -0.4 is 10.6 Å². The predicted molar refractivity (Wildman–Crippen MR) is 72.9 cm³/mol. The number of rotatable bonds is 5. The maximum Gasteiger partial charge on any atom is 0.288 e. The Hall–Kier alpha value is -2.62. The van der Waals surface area contributed by atoms with Crippen LogP contribution in [0.15, 0.2) is 17.8 Å². The summed E-state index contributed by atoms with van der Waals surface area (Å²) in [5, 5.41) is 23.7. The minimum atomic E-state index is -0.607. The first-order valence-electron chi connectivity index (χ1n) is 5.57. The fraction of sp³-hybridized carbons (Fsp3) is 0.200. The van der Waals surface area contributed by atoms with Gasteiger partial charge in [-0.15, -0.1) is 10.2 Å². The molecule has 0 saturated carbocycles. The van der Waals surface area contributed by atoms with E-state index in [9.17, 15) is 14.9 Å². The SMILES string of the molecule is CCNc1ncc([N+](=O)[O-])cc1C(=O)Nc1nncs1. The molecule has 0 bridgehead atoms. The van der Waals surface area contributed by atoms with Crippen LogP contribution in [0.1, 0.15) is 17.3 Å². The highest BCUT2D eigenvalue weighted by molar-refractivity contribution is 7.13. The van der Waals surface area contributed by atoms with E-state index in [0.717, 1.165) is 17.5 Å². The van der Waals surface area contributed by atoms with Crippen molar-refractivity contribution in [2.24, 2.45) is 0 Å². The van der Waals surface area contributed by atoms with E-state index in [0.29, 0.717) is 11.7 Å². The van der Waals surface area contributed by atoms with Crippen molar-refractivity contribution >= 4 is 33.9 Å². The zero-order valence-electron chi connectivity index (χ0n) is 10.4. The summed E-state index contributed by atoms with van der Waals surface area (Å²) in [6, 6.07) is 1.17. The van der Waals surface area contributed by atoms with Gasteiger partial charge in [0.15, 0.2) is 0 Å². The lowest BCUT2D eigenvalue weighted by Gasteiger charge is -2.08. The molecule has 2 N–H and O–H groups in total. The molecule has 0 aromatic carbocycles. The molecule has 104 valence electrons. The Morgan fingerprint density at radius 1 is 1.55 bits per heavy atom. The first kappa shape index (κ1) is 13.8. The van der Waals surface area contributed by atoms with Gasteiger partial charge in [0, 0.05) is 12.6 Å². The maximum absolute atomic E-state index is 12.1. The highest BCUT2D eigenvalue weighted by Gasteiger charge is 2.18. The first-order valence-corrected chi connectivity index (χ1v) is 6.45. The fourth-order valence-electron chi connectivity index (χ4n) is 1.43. The summed E-state index contributed by atoms with van der Waals surface area (Å²) in [6.45, 7) is 2.36. The Labute approximate surface area is 117 Å². The first-order chi connectivity index (χ1) is 9.61. The summed E-state index contributed by atoms with van der Waals surface area (Å²) in [7, 11) is 0. The Bertz CT molecular complexity index is 630. The Morgan fingerprint density at radius 2 is 2.35 bits per heavy atom. The van der Waals surface area contributed by atoms with Crippen molar-refractivity contribution < 1.29 is 9.72 Å². The Morgan fingerprint density at radius 3 is 2.95 bits per heavy atom. The zero-order valence-corrected chi connectivity index (χ0v) is 11.2. The topological polar surface area (TPSA) is 123 Å². The predicted octanol–water partition coefficient (Wildman–Crippen LogP) is 1.53. The van der Waals surface area contributed by atoms with Crippen LogP contribution in [0.5, 0.6) is 0 Å². The van der Waals surface area contributed by atoms with Crippen molar-refractivity contribution in [3.8, 4) is 0 Å². The number of anilines is 2. The number of carbonyl (C=O) groups excluding carboxylic acids is 1. The standard InChI is InChI=1S/C10H10N6O3S/c1-2-11-8-7(3-6(4-12-8)16(18)19)9(17)14-10-15-13-5-20-10/h3-5H,2H2,1H3,(H,11,12)(H,14,15,17). The van der Waals surface area contributed by atoms with Gasteiger partial charge in [-0.3, -0.25) is 20.2 Å². The van der Waals surface area contributed by atoms with Crippen molar-refractivity contribution in [3.05, 3.63) is 33.5 Å². The second kappa shape index (κ2) is 6.02. The number of hydrogen-bond donors (Lipinski definition) is 2. The second-order valence-corrected chi connectivity index (χ2v) is 4.41. The lowest BCUT2D eigenvalue weighted by Crippen LogP contribution is -2.16. The third-order valence-corrected chi connectivity index (χ3v) is 2.86. The molecule has 0 aliphatic heterocycles. The normalized spacial score (nSPS) is 10.1. The number of nitrogens with zero attached hydrogens (tertiary/aromatic N) is 4. The summed E-state index contributed by atoms with van der Waals surface area (Å²) < 4.78 is 0. The van der Waals surface area contributed by atoms with Gasteiger partial charge in [0.25, 0.3) is 11.6 Å². The van der Waals surface area contributed by atoms with E-state index in [1.54, 1.807) is 0 Å². The Balaban J connectivity index is 2.33. The highest BCUT2D eigenvalue weighted by atomic mass is 32.1. The number of aromatic nitrogens is 3. The minimum Gasteiger partial charge on any atom is -0.370 e. The Kier molecular flexibility index (Phi) is 4.15. The molecule has 2 aromatic heterocycles. The summed E-state index contributed by atoms with van der Waals surface area (Å²) in [4.78, 5) is 26.1. The molecule has 0 saturated heterocycles. The molecule has 0 atom stereocenters. The smallest absolute Gasteiger partial charge is 0.288 e. The van der Waals surface area contributed by atoms with Gasteiger partial charge in [-0.2, -0.15) is 0 Å². The molecule has 2 rings (SSSR count).